The molecular weight excluding hydrogens is 545 g/mol. The second-order valence-electron chi connectivity index (χ2n) is 9.91. The third-order valence-electron chi connectivity index (χ3n) is 7.17. The Morgan fingerprint density at radius 2 is 1.98 bits per heavy atom. The third-order valence-corrected chi connectivity index (χ3v) is 7.17. The number of nitrogens with two attached hydrogens (primary N) is 1. The molecule has 0 saturated carbocycles. The van der Waals surface area contributed by atoms with E-state index in [0.29, 0.717) is 67.0 Å². The van der Waals surface area contributed by atoms with E-state index in [1.165, 1.54) is 10.6 Å². The Hall–Kier alpha value is -4.76. The van der Waals surface area contributed by atoms with Crippen molar-refractivity contribution in [3.8, 4) is 17.3 Å². The summed E-state index contributed by atoms with van der Waals surface area (Å²) < 4.78 is 29.1. The smallest absolute Gasteiger partial charge is 0.257 e. The molecule has 0 unspecified atom stereocenters. The zero-order valence-electron chi connectivity index (χ0n) is 23.2. The van der Waals surface area contributed by atoms with Crippen molar-refractivity contribution in [1.29, 1.82) is 0 Å². The van der Waals surface area contributed by atoms with Gasteiger partial charge in [-0.15, -0.1) is 5.10 Å². The molecule has 1 aliphatic rings. The zero-order valence-corrected chi connectivity index (χ0v) is 23.2. The number of nitrogens with one attached hydrogen (secondary N) is 2. The molecule has 1 saturated heterocycles. The van der Waals surface area contributed by atoms with Crippen molar-refractivity contribution in [2.45, 2.75) is 6.54 Å². The lowest BCUT2D eigenvalue weighted by atomic mass is 10.2. The van der Waals surface area contributed by atoms with Crippen molar-refractivity contribution in [3.63, 3.8) is 0 Å². The fourth-order valence-electron chi connectivity index (χ4n) is 4.94. The maximum Gasteiger partial charge on any atom is 0.257 e. The van der Waals surface area contributed by atoms with Crippen LogP contribution in [0, 0.1) is 5.82 Å². The van der Waals surface area contributed by atoms with E-state index in [-0.39, 0.29) is 24.3 Å². The summed E-state index contributed by atoms with van der Waals surface area (Å²) in [5.41, 5.74) is 7.92. The van der Waals surface area contributed by atoms with Crippen LogP contribution in [0.15, 0.2) is 47.2 Å². The number of nitrogen functional groups attached to an aromatic ring is 1. The number of nitrogens with zero attached hydrogens (tertiary/aromatic N) is 8. The number of furan rings is 1. The van der Waals surface area contributed by atoms with Crippen LogP contribution in [0.1, 0.15) is 0 Å². The van der Waals surface area contributed by atoms with Crippen molar-refractivity contribution in [2.24, 2.45) is 0 Å². The summed E-state index contributed by atoms with van der Waals surface area (Å²) in [5, 5.41) is 15.4. The number of carbonyl (C=O) groups excluding carboxylic acids is 1. The van der Waals surface area contributed by atoms with Crippen LogP contribution >= 0.6 is 0 Å². The van der Waals surface area contributed by atoms with E-state index >= 15 is 0 Å². The van der Waals surface area contributed by atoms with Gasteiger partial charge in [0.15, 0.2) is 23.7 Å². The quantitative estimate of drug-likeness (QED) is 0.192. The van der Waals surface area contributed by atoms with Crippen molar-refractivity contribution in [1.82, 2.24) is 44.9 Å². The highest BCUT2D eigenvalue weighted by Gasteiger charge is 2.21. The number of anilines is 2. The molecule has 6 rings (SSSR count). The van der Waals surface area contributed by atoms with Crippen molar-refractivity contribution in [2.75, 3.05) is 70.1 Å². The van der Waals surface area contributed by atoms with Gasteiger partial charge in [-0.3, -0.25) is 9.69 Å². The van der Waals surface area contributed by atoms with Crippen molar-refractivity contribution in [3.05, 3.63) is 48.6 Å². The summed E-state index contributed by atoms with van der Waals surface area (Å²) >= 11 is 0. The topological polar surface area (TPSA) is 157 Å². The Morgan fingerprint density at radius 1 is 1.12 bits per heavy atom. The number of aromatic nitrogens is 6. The number of rotatable bonds is 11. The molecule has 42 heavy (non-hydrogen) atoms. The Morgan fingerprint density at radius 3 is 2.74 bits per heavy atom. The fraction of sp³-hybridized carbons (Fsp3) is 0.370. The summed E-state index contributed by atoms with van der Waals surface area (Å²) in [6, 6.07) is 8.28. The Bertz CT molecular complexity index is 1680. The number of benzene rings is 1. The van der Waals surface area contributed by atoms with Gasteiger partial charge in [-0.25, -0.2) is 14.1 Å². The van der Waals surface area contributed by atoms with Gasteiger partial charge in [-0.1, -0.05) is 0 Å². The first-order valence-corrected chi connectivity index (χ1v) is 13.7. The molecule has 5 aromatic rings. The SMILES string of the molecule is CNCCNC(=O)COc1ccc(N2CCN(CCn3ncc4c3nc(N)n3nc(-c5ccco5)nc43)CC2)c(F)c1. The highest BCUT2D eigenvalue weighted by atomic mass is 19.1. The number of amides is 1. The first-order chi connectivity index (χ1) is 20.5. The number of halogens is 1. The molecule has 220 valence electrons. The van der Waals surface area contributed by atoms with Gasteiger partial charge in [0.2, 0.25) is 11.8 Å². The lowest BCUT2D eigenvalue weighted by Crippen LogP contribution is -2.47. The molecule has 14 nitrogen and oxygen atoms in total. The van der Waals surface area contributed by atoms with Crippen molar-refractivity contribution < 1.29 is 18.3 Å². The summed E-state index contributed by atoms with van der Waals surface area (Å²) in [6.07, 6.45) is 3.29. The van der Waals surface area contributed by atoms with Gasteiger partial charge in [-0.2, -0.15) is 14.6 Å². The predicted octanol–water partition coefficient (Wildman–Crippen LogP) is 0.992. The van der Waals surface area contributed by atoms with Crippen LogP contribution in [0.3, 0.4) is 0 Å². The third kappa shape index (κ3) is 5.69. The molecular formula is C27H32FN11O3. The van der Waals surface area contributed by atoms with E-state index in [9.17, 15) is 9.18 Å². The second-order valence-corrected chi connectivity index (χ2v) is 9.91. The molecule has 0 bridgehead atoms. The second kappa shape index (κ2) is 12.0. The molecule has 15 heteroatoms. The standard InChI is InChI=1S/C27H32FN11O3/c1-30-6-7-31-23(40)17-42-18-4-5-21(20(28)15-18)37-11-8-36(9-12-37)10-13-38-25-19(16-32-38)26-33-24(22-3-2-14-41-22)35-39(26)27(29)34-25/h2-5,14-16,30H,6-13,17H2,1H3,(H2,29,34)(H,31,40). The van der Waals surface area contributed by atoms with Crippen LogP contribution in [0.4, 0.5) is 16.0 Å². The minimum Gasteiger partial charge on any atom is -0.484 e. The zero-order chi connectivity index (χ0) is 29.1. The fourth-order valence-corrected chi connectivity index (χ4v) is 4.94. The molecule has 4 aromatic heterocycles. The van der Waals surface area contributed by atoms with E-state index in [0.717, 1.165) is 25.0 Å². The molecule has 1 aliphatic heterocycles. The Kier molecular flexibility index (Phi) is 7.83. The van der Waals surface area contributed by atoms with E-state index in [1.807, 2.05) is 9.58 Å². The van der Waals surface area contributed by atoms with Gasteiger partial charge in [0.1, 0.15) is 11.6 Å². The number of fused-ring (bicyclic) bond motifs is 3. The number of piperazine rings is 1. The lowest BCUT2D eigenvalue weighted by molar-refractivity contribution is -0.123. The molecule has 5 heterocycles. The molecule has 1 fully saturated rings. The Labute approximate surface area is 240 Å². The normalized spacial score (nSPS) is 14.2. The van der Waals surface area contributed by atoms with Gasteiger partial charge in [-0.05, 0) is 31.3 Å². The molecule has 0 spiro atoms. The van der Waals surface area contributed by atoms with E-state index < -0.39 is 0 Å². The molecule has 0 radical (unpaired) electrons. The van der Waals surface area contributed by atoms with Crippen LogP contribution in [-0.2, 0) is 11.3 Å². The molecule has 0 aliphatic carbocycles. The summed E-state index contributed by atoms with van der Waals surface area (Å²) in [6.45, 7) is 5.23. The van der Waals surface area contributed by atoms with Gasteiger partial charge >= 0.3 is 0 Å². The number of ether oxygens (including phenoxy) is 1. The summed E-state index contributed by atoms with van der Waals surface area (Å²) in [4.78, 5) is 25.3. The number of hydrogen-bond donors (Lipinski definition) is 3. The van der Waals surface area contributed by atoms with Crippen molar-refractivity contribution >= 4 is 34.2 Å². The average molecular weight is 578 g/mol. The maximum absolute atomic E-state index is 14.9. The van der Waals surface area contributed by atoms with E-state index in [1.54, 1.807) is 43.8 Å². The van der Waals surface area contributed by atoms with E-state index in [4.69, 9.17) is 14.9 Å². The van der Waals surface area contributed by atoms with Gasteiger partial charge in [0.25, 0.3) is 5.91 Å². The number of carbonyl (C=O) groups is 1. The van der Waals surface area contributed by atoms with Gasteiger partial charge in [0.05, 0.1) is 30.1 Å². The molecule has 1 amide bonds. The van der Waals surface area contributed by atoms with E-state index in [2.05, 4.69) is 35.7 Å². The minimum atomic E-state index is -0.377. The number of likely N-dealkylation sites (N-methyl/N-ethyl adjacent to an activating group) is 1. The highest BCUT2D eigenvalue weighted by Crippen LogP contribution is 2.26. The monoisotopic (exact) mass is 577 g/mol. The predicted molar refractivity (Wildman–Crippen MR) is 154 cm³/mol. The first kappa shape index (κ1) is 27.4. The van der Waals surface area contributed by atoms with Crippen LogP contribution in [0.25, 0.3) is 28.3 Å². The number of hydrogen-bond acceptors (Lipinski definition) is 11. The van der Waals surface area contributed by atoms with Crippen LogP contribution in [-0.4, -0.2) is 99.6 Å². The minimum absolute atomic E-state index is 0.162. The molecule has 1 aromatic carbocycles. The molecule has 0 atom stereocenters. The van der Waals surface area contributed by atoms with Crippen LogP contribution < -0.4 is 26.0 Å². The summed E-state index contributed by atoms with van der Waals surface area (Å²) in [7, 11) is 1.81. The van der Waals surface area contributed by atoms with Gasteiger partial charge in [0, 0.05) is 51.9 Å². The Balaban J connectivity index is 1.04. The lowest BCUT2D eigenvalue weighted by Gasteiger charge is -2.36. The summed E-state index contributed by atoms with van der Waals surface area (Å²) in [5.74, 6) is 0.873. The van der Waals surface area contributed by atoms with Gasteiger partial charge < -0.3 is 30.4 Å². The maximum atomic E-state index is 14.9. The largest absolute Gasteiger partial charge is 0.484 e. The van der Waals surface area contributed by atoms with Crippen LogP contribution in [0.5, 0.6) is 5.75 Å². The highest BCUT2D eigenvalue weighted by molar-refractivity contribution is 5.90. The average Bonchev–Trinajstić information content (AvgIpc) is 3.76. The van der Waals surface area contributed by atoms with Crippen LogP contribution in [0.2, 0.25) is 0 Å². The molecule has 4 N–H and O–H groups in total. The first-order valence-electron chi connectivity index (χ1n) is 13.7.